The van der Waals surface area contributed by atoms with E-state index in [0.717, 1.165) is 23.3 Å². The van der Waals surface area contributed by atoms with E-state index in [-0.39, 0.29) is 16.8 Å². The monoisotopic (exact) mass is 456 g/mol. The molecule has 1 aliphatic heterocycles. The number of rotatable bonds is 6. The lowest BCUT2D eigenvalue weighted by Crippen LogP contribution is -2.31. The van der Waals surface area contributed by atoms with Gasteiger partial charge in [-0.15, -0.1) is 11.3 Å². The van der Waals surface area contributed by atoms with E-state index < -0.39 is 10.0 Å². The number of anilines is 1. The molecule has 2 aromatic carbocycles. The minimum Gasteiger partial charge on any atom is -0.497 e. The quantitative estimate of drug-likeness (QED) is 0.576. The maximum absolute atomic E-state index is 13.4. The van der Waals surface area contributed by atoms with Gasteiger partial charge in [0.15, 0.2) is 0 Å². The summed E-state index contributed by atoms with van der Waals surface area (Å²) in [7, 11) is -2.30. The molecule has 1 unspecified atom stereocenters. The van der Waals surface area contributed by atoms with Crippen LogP contribution in [0.4, 0.5) is 5.69 Å². The smallest absolute Gasteiger partial charge is 0.261 e. The van der Waals surface area contributed by atoms with Gasteiger partial charge >= 0.3 is 0 Å². The third kappa shape index (κ3) is 4.45. The summed E-state index contributed by atoms with van der Waals surface area (Å²) in [5.41, 5.74) is 1.60. The summed E-state index contributed by atoms with van der Waals surface area (Å²) < 4.78 is 33.6. The van der Waals surface area contributed by atoms with Gasteiger partial charge in [0.2, 0.25) is 0 Å². The summed E-state index contributed by atoms with van der Waals surface area (Å²) in [6.45, 7) is 2.50. The molecular formula is C23H24N2O4S2. The lowest BCUT2D eigenvalue weighted by molar-refractivity contribution is 0.0737. The van der Waals surface area contributed by atoms with Crippen LogP contribution in [0.2, 0.25) is 0 Å². The molecule has 1 N–H and O–H groups in total. The summed E-state index contributed by atoms with van der Waals surface area (Å²) in [4.78, 5) is 16.5. The Kier molecular flexibility index (Phi) is 6.02. The summed E-state index contributed by atoms with van der Waals surface area (Å²) in [6, 6.07) is 15.4. The molecule has 0 aliphatic carbocycles. The van der Waals surface area contributed by atoms with Crippen LogP contribution in [-0.2, 0) is 10.0 Å². The second kappa shape index (κ2) is 8.72. The lowest BCUT2D eigenvalue weighted by Gasteiger charge is -2.25. The molecule has 1 saturated heterocycles. The van der Waals surface area contributed by atoms with Gasteiger partial charge < -0.3 is 9.64 Å². The number of methoxy groups -OCH3 is 1. The van der Waals surface area contributed by atoms with Crippen molar-refractivity contribution in [3.8, 4) is 5.75 Å². The van der Waals surface area contributed by atoms with Crippen LogP contribution in [0, 0.1) is 6.92 Å². The molecule has 2 heterocycles. The SMILES string of the molecule is COc1ccc(NS(=O)(=O)c2ccc(C)c(C(=O)N3CCCC3c3cccs3)c2)cc1. The van der Waals surface area contributed by atoms with Crippen molar-refractivity contribution in [2.75, 3.05) is 18.4 Å². The molecule has 0 radical (unpaired) electrons. The van der Waals surface area contributed by atoms with E-state index in [1.165, 1.54) is 12.1 Å². The average molecular weight is 457 g/mol. The van der Waals surface area contributed by atoms with E-state index in [2.05, 4.69) is 4.72 Å². The van der Waals surface area contributed by atoms with E-state index in [1.807, 2.05) is 29.3 Å². The standard InChI is InChI=1S/C23H24N2O4S2/c1-16-7-12-19(31(27,28)24-17-8-10-18(29-2)11-9-17)15-20(16)23(26)25-13-3-5-21(25)22-6-4-14-30-22/h4,6-12,14-15,21,24H,3,5,13H2,1-2H3. The topological polar surface area (TPSA) is 75.7 Å². The minimum atomic E-state index is -3.85. The first-order valence-electron chi connectivity index (χ1n) is 10.0. The number of thiophene rings is 1. The lowest BCUT2D eigenvalue weighted by atomic mass is 10.1. The predicted molar refractivity (Wildman–Crippen MR) is 122 cm³/mol. The number of ether oxygens (including phenoxy) is 1. The van der Waals surface area contributed by atoms with Crippen LogP contribution in [0.1, 0.15) is 39.7 Å². The molecule has 1 amide bonds. The minimum absolute atomic E-state index is 0.0459. The molecule has 0 spiro atoms. The molecular weight excluding hydrogens is 432 g/mol. The second-order valence-electron chi connectivity index (χ2n) is 7.48. The molecule has 4 rings (SSSR count). The number of carbonyl (C=O) groups is 1. The van der Waals surface area contributed by atoms with E-state index in [4.69, 9.17) is 4.74 Å². The molecule has 1 atom stereocenters. The van der Waals surface area contributed by atoms with Crippen LogP contribution >= 0.6 is 11.3 Å². The predicted octanol–water partition coefficient (Wildman–Crippen LogP) is 4.84. The zero-order valence-corrected chi connectivity index (χ0v) is 19.0. The Morgan fingerprint density at radius 3 is 2.61 bits per heavy atom. The Hall–Kier alpha value is -2.84. The zero-order valence-electron chi connectivity index (χ0n) is 17.4. The zero-order chi connectivity index (χ0) is 22.0. The number of nitrogens with one attached hydrogen (secondary N) is 1. The molecule has 162 valence electrons. The molecule has 8 heteroatoms. The van der Waals surface area contributed by atoms with Crippen molar-refractivity contribution in [2.45, 2.75) is 30.7 Å². The van der Waals surface area contributed by atoms with Crippen molar-refractivity contribution in [3.05, 3.63) is 76.0 Å². The van der Waals surface area contributed by atoms with E-state index >= 15 is 0 Å². The number of aryl methyl sites for hydroxylation is 1. The average Bonchev–Trinajstić information content (AvgIpc) is 3.45. The van der Waals surface area contributed by atoms with Crippen molar-refractivity contribution < 1.29 is 17.9 Å². The Morgan fingerprint density at radius 2 is 1.94 bits per heavy atom. The fourth-order valence-corrected chi connectivity index (χ4v) is 5.77. The maximum Gasteiger partial charge on any atom is 0.261 e. The van der Waals surface area contributed by atoms with E-state index in [0.29, 0.717) is 23.5 Å². The first kappa shape index (κ1) is 21.4. The largest absolute Gasteiger partial charge is 0.497 e. The molecule has 1 aromatic heterocycles. The van der Waals surface area contributed by atoms with Gasteiger partial charge in [0.1, 0.15) is 5.75 Å². The normalized spacial score (nSPS) is 16.3. The third-order valence-corrected chi connectivity index (χ3v) is 7.83. The van der Waals surface area contributed by atoms with E-state index in [1.54, 1.807) is 48.8 Å². The van der Waals surface area contributed by atoms with E-state index in [9.17, 15) is 13.2 Å². The van der Waals surface area contributed by atoms with Gasteiger partial charge in [0.05, 0.1) is 18.0 Å². The van der Waals surface area contributed by atoms with Crippen LogP contribution < -0.4 is 9.46 Å². The summed E-state index contributed by atoms with van der Waals surface area (Å²) >= 11 is 1.64. The molecule has 0 saturated carbocycles. The van der Waals surface area contributed by atoms with Crippen LogP contribution in [0.25, 0.3) is 0 Å². The van der Waals surface area contributed by atoms with Crippen LogP contribution in [-0.4, -0.2) is 32.9 Å². The fraction of sp³-hybridized carbons (Fsp3) is 0.261. The number of nitrogens with zero attached hydrogens (tertiary/aromatic N) is 1. The highest BCUT2D eigenvalue weighted by atomic mass is 32.2. The Morgan fingerprint density at radius 1 is 1.16 bits per heavy atom. The number of likely N-dealkylation sites (tertiary alicyclic amines) is 1. The Labute approximate surface area is 186 Å². The van der Waals surface area contributed by atoms with Crippen LogP contribution in [0.15, 0.2) is 64.9 Å². The van der Waals surface area contributed by atoms with Crippen molar-refractivity contribution in [1.82, 2.24) is 4.90 Å². The number of hydrogen-bond donors (Lipinski definition) is 1. The fourth-order valence-electron chi connectivity index (χ4n) is 3.81. The summed E-state index contributed by atoms with van der Waals surface area (Å²) in [5, 5.41) is 2.01. The van der Waals surface area contributed by atoms with Crippen LogP contribution in [0.3, 0.4) is 0 Å². The molecule has 0 bridgehead atoms. The summed E-state index contributed by atoms with van der Waals surface area (Å²) in [5.74, 6) is 0.506. The molecule has 6 nitrogen and oxygen atoms in total. The van der Waals surface area contributed by atoms with Gasteiger partial charge in [-0.2, -0.15) is 0 Å². The molecule has 1 fully saturated rings. The van der Waals surface area contributed by atoms with Crippen molar-refractivity contribution in [2.24, 2.45) is 0 Å². The van der Waals surface area contributed by atoms with Gasteiger partial charge in [-0.25, -0.2) is 8.42 Å². The third-order valence-electron chi connectivity index (χ3n) is 5.48. The van der Waals surface area contributed by atoms with Crippen LogP contribution in [0.5, 0.6) is 5.75 Å². The van der Waals surface area contributed by atoms with Crippen molar-refractivity contribution in [3.63, 3.8) is 0 Å². The maximum atomic E-state index is 13.4. The molecule has 1 aliphatic rings. The number of benzene rings is 2. The summed E-state index contributed by atoms with van der Waals surface area (Å²) in [6.07, 6.45) is 1.85. The van der Waals surface area contributed by atoms with Crippen molar-refractivity contribution in [1.29, 1.82) is 0 Å². The van der Waals surface area contributed by atoms with Gasteiger partial charge in [-0.3, -0.25) is 9.52 Å². The first-order chi connectivity index (χ1) is 14.9. The van der Waals surface area contributed by atoms with Gasteiger partial charge in [-0.1, -0.05) is 12.1 Å². The van der Waals surface area contributed by atoms with Gasteiger partial charge in [0.25, 0.3) is 15.9 Å². The molecule has 31 heavy (non-hydrogen) atoms. The molecule has 3 aromatic rings. The number of hydrogen-bond acceptors (Lipinski definition) is 5. The first-order valence-corrected chi connectivity index (χ1v) is 12.4. The highest BCUT2D eigenvalue weighted by Gasteiger charge is 2.32. The van der Waals surface area contributed by atoms with Crippen molar-refractivity contribution >= 4 is 33.0 Å². The second-order valence-corrected chi connectivity index (χ2v) is 10.1. The highest BCUT2D eigenvalue weighted by molar-refractivity contribution is 7.92. The Bertz CT molecular complexity index is 1170. The highest BCUT2D eigenvalue weighted by Crippen LogP contribution is 2.36. The number of amides is 1. The number of sulfonamides is 1. The van der Waals surface area contributed by atoms with Gasteiger partial charge in [0, 0.05) is 22.7 Å². The Balaban J connectivity index is 1.61. The van der Waals surface area contributed by atoms with Gasteiger partial charge in [-0.05, 0) is 73.2 Å². The number of carbonyl (C=O) groups excluding carboxylic acids is 1.